The summed E-state index contributed by atoms with van der Waals surface area (Å²) < 4.78 is 0. The van der Waals surface area contributed by atoms with Crippen LogP contribution in [0.15, 0.2) is 12.3 Å². The third-order valence-corrected chi connectivity index (χ3v) is 2.37. The number of hydrogen-bond donors (Lipinski definition) is 2. The molecule has 1 aromatic heterocycles. The lowest BCUT2D eigenvalue weighted by Crippen LogP contribution is -2.08. The van der Waals surface area contributed by atoms with E-state index >= 15 is 0 Å². The van der Waals surface area contributed by atoms with Crippen molar-refractivity contribution in [2.24, 2.45) is 0 Å². The molecule has 0 fully saturated rings. The second-order valence-electron chi connectivity index (χ2n) is 4.03. The number of aromatic nitrogens is 1. The maximum atomic E-state index is 10.5. The summed E-state index contributed by atoms with van der Waals surface area (Å²) in [6, 6.07) is 1.49. The summed E-state index contributed by atoms with van der Waals surface area (Å²) in [6.45, 7) is 4.21. The zero-order valence-corrected chi connectivity index (χ0v) is 10.0. The van der Waals surface area contributed by atoms with Crippen LogP contribution in [-0.2, 0) is 0 Å². The predicted molar refractivity (Wildman–Crippen MR) is 65.0 cm³/mol. The van der Waals surface area contributed by atoms with Crippen LogP contribution < -0.4 is 5.32 Å². The molecule has 0 radical (unpaired) electrons. The molecule has 0 saturated carbocycles. The number of pyridine rings is 1. The minimum atomic E-state index is -0.461. The van der Waals surface area contributed by atoms with E-state index < -0.39 is 4.92 Å². The summed E-state index contributed by atoms with van der Waals surface area (Å²) in [5.74, 6) is 0.654. The Morgan fingerprint density at radius 2 is 2.35 bits per heavy atom. The van der Waals surface area contributed by atoms with Crippen molar-refractivity contribution in [3.63, 3.8) is 0 Å². The number of aryl methyl sites for hydroxylation is 1. The molecule has 2 N–H and O–H groups in total. The summed E-state index contributed by atoms with van der Waals surface area (Å²) in [5, 5.41) is 22.7. The van der Waals surface area contributed by atoms with E-state index in [1.54, 1.807) is 13.8 Å². The number of rotatable bonds is 6. The van der Waals surface area contributed by atoms with E-state index in [4.69, 9.17) is 5.11 Å². The zero-order valence-electron chi connectivity index (χ0n) is 10.0. The van der Waals surface area contributed by atoms with Crippen molar-refractivity contribution in [3.05, 3.63) is 27.9 Å². The highest BCUT2D eigenvalue weighted by atomic mass is 16.6. The summed E-state index contributed by atoms with van der Waals surface area (Å²) in [6.07, 6.45) is 2.49. The van der Waals surface area contributed by atoms with Gasteiger partial charge in [0.05, 0.1) is 11.0 Å². The average Bonchev–Trinajstić information content (AvgIpc) is 2.25. The van der Waals surface area contributed by atoms with E-state index in [0.717, 1.165) is 18.4 Å². The number of nitrogens with zero attached hydrogens (tertiary/aromatic N) is 2. The van der Waals surface area contributed by atoms with Gasteiger partial charge in [0.2, 0.25) is 0 Å². The standard InChI is InChI=1S/C11H17N3O3/c1-8-6-10(14(16)17)7-13-11(8)12-5-3-4-9(2)15/h6-7,9,15H,3-5H2,1-2H3,(H,12,13). The molecule has 94 valence electrons. The molecule has 1 unspecified atom stereocenters. The van der Waals surface area contributed by atoms with Gasteiger partial charge in [-0.2, -0.15) is 0 Å². The minimum Gasteiger partial charge on any atom is -0.393 e. The first-order valence-corrected chi connectivity index (χ1v) is 5.53. The van der Waals surface area contributed by atoms with Crippen molar-refractivity contribution >= 4 is 11.5 Å². The Morgan fingerprint density at radius 1 is 1.65 bits per heavy atom. The van der Waals surface area contributed by atoms with Gasteiger partial charge in [0.25, 0.3) is 5.69 Å². The van der Waals surface area contributed by atoms with Crippen molar-refractivity contribution in [3.8, 4) is 0 Å². The molecule has 0 spiro atoms. The Kier molecular flexibility index (Phi) is 4.84. The maximum Gasteiger partial charge on any atom is 0.287 e. The molecular formula is C11H17N3O3. The van der Waals surface area contributed by atoms with Gasteiger partial charge in [-0.3, -0.25) is 10.1 Å². The molecule has 0 aromatic carbocycles. The van der Waals surface area contributed by atoms with Crippen LogP contribution >= 0.6 is 0 Å². The maximum absolute atomic E-state index is 10.5. The molecule has 1 heterocycles. The highest BCUT2D eigenvalue weighted by molar-refractivity contribution is 5.48. The molecule has 6 heteroatoms. The Bertz CT molecular complexity index is 394. The Morgan fingerprint density at radius 3 is 2.88 bits per heavy atom. The minimum absolute atomic E-state index is 0.00275. The van der Waals surface area contributed by atoms with Gasteiger partial charge in [-0.25, -0.2) is 4.98 Å². The number of nitro groups is 1. The fourth-order valence-electron chi connectivity index (χ4n) is 1.45. The number of aliphatic hydroxyl groups excluding tert-OH is 1. The molecule has 1 rings (SSSR count). The van der Waals surface area contributed by atoms with Crippen molar-refractivity contribution in [1.82, 2.24) is 4.98 Å². The first-order valence-electron chi connectivity index (χ1n) is 5.53. The second-order valence-corrected chi connectivity index (χ2v) is 4.03. The lowest BCUT2D eigenvalue weighted by molar-refractivity contribution is -0.385. The molecule has 1 aromatic rings. The van der Waals surface area contributed by atoms with Crippen LogP contribution in [0.4, 0.5) is 11.5 Å². The SMILES string of the molecule is Cc1cc([N+](=O)[O-])cnc1NCCCC(C)O. The van der Waals surface area contributed by atoms with Gasteiger partial charge < -0.3 is 10.4 Å². The van der Waals surface area contributed by atoms with Crippen molar-refractivity contribution in [2.45, 2.75) is 32.8 Å². The monoisotopic (exact) mass is 239 g/mol. The molecule has 0 aliphatic carbocycles. The summed E-state index contributed by atoms with van der Waals surface area (Å²) in [4.78, 5) is 14.1. The van der Waals surface area contributed by atoms with E-state index in [1.807, 2.05) is 0 Å². The second kappa shape index (κ2) is 6.15. The van der Waals surface area contributed by atoms with Crippen molar-refractivity contribution in [1.29, 1.82) is 0 Å². The third-order valence-electron chi connectivity index (χ3n) is 2.37. The van der Waals surface area contributed by atoms with Crippen molar-refractivity contribution in [2.75, 3.05) is 11.9 Å². The van der Waals surface area contributed by atoms with Crippen LogP contribution in [0.2, 0.25) is 0 Å². The van der Waals surface area contributed by atoms with Gasteiger partial charge in [0.15, 0.2) is 0 Å². The summed E-state index contributed by atoms with van der Waals surface area (Å²) in [7, 11) is 0. The molecule has 0 aliphatic heterocycles. The van der Waals surface area contributed by atoms with Crippen LogP contribution in [0, 0.1) is 17.0 Å². The average molecular weight is 239 g/mol. The van der Waals surface area contributed by atoms with Gasteiger partial charge >= 0.3 is 0 Å². The molecule has 0 aliphatic rings. The third kappa shape index (κ3) is 4.36. The largest absolute Gasteiger partial charge is 0.393 e. The number of aliphatic hydroxyl groups is 1. The quantitative estimate of drug-likeness (QED) is 0.449. The van der Waals surface area contributed by atoms with Gasteiger partial charge in [0, 0.05) is 12.6 Å². The Hall–Kier alpha value is -1.69. The smallest absolute Gasteiger partial charge is 0.287 e. The summed E-state index contributed by atoms with van der Waals surface area (Å²) >= 11 is 0. The van der Waals surface area contributed by atoms with Crippen LogP contribution in [0.3, 0.4) is 0 Å². The van der Waals surface area contributed by atoms with E-state index in [0.29, 0.717) is 12.4 Å². The molecule has 0 bridgehead atoms. The van der Waals surface area contributed by atoms with Crippen LogP contribution in [0.1, 0.15) is 25.3 Å². The molecule has 17 heavy (non-hydrogen) atoms. The topological polar surface area (TPSA) is 88.3 Å². The van der Waals surface area contributed by atoms with E-state index in [2.05, 4.69) is 10.3 Å². The first-order chi connectivity index (χ1) is 8.00. The highest BCUT2D eigenvalue weighted by Gasteiger charge is 2.08. The van der Waals surface area contributed by atoms with Crippen LogP contribution in [0.5, 0.6) is 0 Å². The fourth-order valence-corrected chi connectivity index (χ4v) is 1.45. The molecule has 0 amide bonds. The normalized spacial score (nSPS) is 12.2. The first kappa shape index (κ1) is 13.4. The van der Waals surface area contributed by atoms with Gasteiger partial charge in [-0.05, 0) is 32.3 Å². The van der Waals surface area contributed by atoms with Gasteiger partial charge in [0.1, 0.15) is 12.0 Å². The number of anilines is 1. The molecular weight excluding hydrogens is 222 g/mol. The van der Waals surface area contributed by atoms with E-state index in [-0.39, 0.29) is 11.8 Å². The number of hydrogen-bond acceptors (Lipinski definition) is 5. The molecule has 6 nitrogen and oxygen atoms in total. The summed E-state index contributed by atoms with van der Waals surface area (Å²) in [5.41, 5.74) is 0.744. The number of nitrogens with one attached hydrogen (secondary N) is 1. The van der Waals surface area contributed by atoms with Gasteiger partial charge in [-0.1, -0.05) is 0 Å². The van der Waals surface area contributed by atoms with E-state index in [9.17, 15) is 10.1 Å². The van der Waals surface area contributed by atoms with Crippen LogP contribution in [0.25, 0.3) is 0 Å². The fraction of sp³-hybridized carbons (Fsp3) is 0.545. The van der Waals surface area contributed by atoms with Gasteiger partial charge in [-0.15, -0.1) is 0 Å². The Balaban J connectivity index is 2.52. The lowest BCUT2D eigenvalue weighted by atomic mass is 10.2. The zero-order chi connectivity index (χ0) is 12.8. The lowest BCUT2D eigenvalue weighted by Gasteiger charge is -2.08. The molecule has 0 saturated heterocycles. The predicted octanol–water partition coefficient (Wildman–Crippen LogP) is 1.87. The van der Waals surface area contributed by atoms with Crippen molar-refractivity contribution < 1.29 is 10.0 Å². The van der Waals surface area contributed by atoms with E-state index in [1.165, 1.54) is 12.3 Å². The van der Waals surface area contributed by atoms with Crippen LogP contribution in [-0.4, -0.2) is 27.7 Å². The molecule has 1 atom stereocenters. The Labute approximate surface area is 99.8 Å². The highest BCUT2D eigenvalue weighted by Crippen LogP contribution is 2.17.